The zero-order valence-electron chi connectivity index (χ0n) is 12.3. The highest BCUT2D eigenvalue weighted by molar-refractivity contribution is 6.10. The molecule has 0 bridgehead atoms. The summed E-state index contributed by atoms with van der Waals surface area (Å²) in [5.41, 5.74) is 2.80. The number of benzene rings is 2. The number of methoxy groups -OCH3 is 2. The Morgan fingerprint density at radius 2 is 1.71 bits per heavy atom. The second kappa shape index (κ2) is 5.13. The molecule has 1 aromatic heterocycles. The van der Waals surface area contributed by atoms with E-state index in [0.717, 1.165) is 34.1 Å². The Labute approximate surface area is 122 Å². The van der Waals surface area contributed by atoms with E-state index in [1.54, 1.807) is 13.2 Å². The van der Waals surface area contributed by atoms with Gasteiger partial charge in [0.2, 0.25) is 0 Å². The van der Waals surface area contributed by atoms with Crippen LogP contribution in [0.25, 0.3) is 21.8 Å². The van der Waals surface area contributed by atoms with Crippen LogP contribution in [-0.4, -0.2) is 24.8 Å². The van der Waals surface area contributed by atoms with Gasteiger partial charge >= 0.3 is 5.97 Å². The standard InChI is InChI=1S/C17H17NO3/c1-4-18-15-7-5-11(17(19)21-3)9-13(15)14-10-12(20-2)6-8-16(14)18/h5-10H,4H2,1-3H3. The predicted molar refractivity (Wildman–Crippen MR) is 83.0 cm³/mol. The van der Waals surface area contributed by atoms with Crippen LogP contribution < -0.4 is 4.74 Å². The van der Waals surface area contributed by atoms with Crippen molar-refractivity contribution in [1.82, 2.24) is 4.57 Å². The van der Waals surface area contributed by atoms with E-state index in [2.05, 4.69) is 17.6 Å². The molecule has 0 saturated carbocycles. The number of hydrogen-bond donors (Lipinski definition) is 0. The van der Waals surface area contributed by atoms with Gasteiger partial charge in [0.15, 0.2) is 0 Å². The fourth-order valence-corrected chi connectivity index (χ4v) is 2.80. The van der Waals surface area contributed by atoms with Crippen molar-refractivity contribution in [3.8, 4) is 5.75 Å². The quantitative estimate of drug-likeness (QED) is 0.689. The molecule has 0 spiro atoms. The minimum atomic E-state index is -0.322. The molecule has 0 N–H and O–H groups in total. The third-order valence-electron chi connectivity index (χ3n) is 3.81. The van der Waals surface area contributed by atoms with Crippen molar-refractivity contribution in [1.29, 1.82) is 0 Å². The van der Waals surface area contributed by atoms with Gasteiger partial charge in [-0.2, -0.15) is 0 Å². The second-order valence-corrected chi connectivity index (χ2v) is 4.85. The normalized spacial score (nSPS) is 11.0. The van der Waals surface area contributed by atoms with Crippen LogP contribution >= 0.6 is 0 Å². The van der Waals surface area contributed by atoms with Gasteiger partial charge in [-0.25, -0.2) is 4.79 Å². The predicted octanol–water partition coefficient (Wildman–Crippen LogP) is 3.61. The molecule has 2 aromatic carbocycles. The first-order chi connectivity index (χ1) is 10.2. The van der Waals surface area contributed by atoms with E-state index in [9.17, 15) is 4.79 Å². The summed E-state index contributed by atoms with van der Waals surface area (Å²) >= 11 is 0. The summed E-state index contributed by atoms with van der Waals surface area (Å²) in [5, 5.41) is 2.12. The number of aryl methyl sites for hydroxylation is 1. The van der Waals surface area contributed by atoms with E-state index in [1.165, 1.54) is 7.11 Å². The number of nitrogens with zero attached hydrogens (tertiary/aromatic N) is 1. The molecule has 3 aromatic rings. The van der Waals surface area contributed by atoms with Crippen LogP contribution in [-0.2, 0) is 11.3 Å². The van der Waals surface area contributed by atoms with Crippen LogP contribution in [0.3, 0.4) is 0 Å². The maximum atomic E-state index is 11.7. The lowest BCUT2D eigenvalue weighted by Gasteiger charge is -2.04. The minimum absolute atomic E-state index is 0.322. The second-order valence-electron chi connectivity index (χ2n) is 4.85. The summed E-state index contributed by atoms with van der Waals surface area (Å²) in [6.45, 7) is 2.97. The van der Waals surface area contributed by atoms with Crippen LogP contribution in [0.1, 0.15) is 17.3 Å². The van der Waals surface area contributed by atoms with Crippen LogP contribution in [0.2, 0.25) is 0 Å². The molecule has 3 rings (SSSR count). The lowest BCUT2D eigenvalue weighted by Crippen LogP contribution is -2.00. The Kier molecular flexibility index (Phi) is 3.29. The molecule has 0 aliphatic heterocycles. The number of hydrogen-bond acceptors (Lipinski definition) is 3. The molecule has 0 aliphatic rings. The van der Waals surface area contributed by atoms with Crippen molar-refractivity contribution in [3.05, 3.63) is 42.0 Å². The fourth-order valence-electron chi connectivity index (χ4n) is 2.80. The number of carbonyl (C=O) groups excluding carboxylic acids is 1. The lowest BCUT2D eigenvalue weighted by atomic mass is 10.1. The maximum Gasteiger partial charge on any atom is 0.337 e. The van der Waals surface area contributed by atoms with Gasteiger partial charge in [-0.05, 0) is 43.3 Å². The van der Waals surface area contributed by atoms with Gasteiger partial charge in [0.1, 0.15) is 5.75 Å². The van der Waals surface area contributed by atoms with Gasteiger partial charge in [0.25, 0.3) is 0 Å². The van der Waals surface area contributed by atoms with Gasteiger partial charge < -0.3 is 14.0 Å². The van der Waals surface area contributed by atoms with Crippen LogP contribution in [0.5, 0.6) is 5.75 Å². The van der Waals surface area contributed by atoms with E-state index in [0.29, 0.717) is 5.56 Å². The maximum absolute atomic E-state index is 11.7. The molecule has 0 fully saturated rings. The van der Waals surface area contributed by atoms with Crippen molar-refractivity contribution in [2.75, 3.05) is 14.2 Å². The van der Waals surface area contributed by atoms with Gasteiger partial charge in [-0.15, -0.1) is 0 Å². The largest absolute Gasteiger partial charge is 0.497 e. The van der Waals surface area contributed by atoms with Gasteiger partial charge in [0.05, 0.1) is 19.8 Å². The third kappa shape index (κ3) is 2.03. The summed E-state index contributed by atoms with van der Waals surface area (Å²) in [5.74, 6) is 0.485. The molecule has 4 nitrogen and oxygen atoms in total. The molecule has 4 heteroatoms. The van der Waals surface area contributed by atoms with Crippen molar-refractivity contribution < 1.29 is 14.3 Å². The van der Waals surface area contributed by atoms with Gasteiger partial charge in [0, 0.05) is 28.4 Å². The Bertz CT molecular complexity index is 833. The topological polar surface area (TPSA) is 40.5 Å². The van der Waals surface area contributed by atoms with E-state index < -0.39 is 0 Å². The van der Waals surface area contributed by atoms with Crippen molar-refractivity contribution in [2.24, 2.45) is 0 Å². The zero-order valence-corrected chi connectivity index (χ0v) is 12.3. The zero-order chi connectivity index (χ0) is 15.0. The number of rotatable bonds is 3. The number of esters is 1. The molecular weight excluding hydrogens is 266 g/mol. The van der Waals surface area contributed by atoms with Crippen LogP contribution in [0, 0.1) is 0 Å². The lowest BCUT2D eigenvalue weighted by molar-refractivity contribution is 0.0601. The van der Waals surface area contributed by atoms with Crippen LogP contribution in [0.15, 0.2) is 36.4 Å². The van der Waals surface area contributed by atoms with E-state index in [-0.39, 0.29) is 5.97 Å². The highest BCUT2D eigenvalue weighted by Gasteiger charge is 2.13. The highest BCUT2D eigenvalue weighted by Crippen LogP contribution is 2.32. The van der Waals surface area contributed by atoms with Crippen molar-refractivity contribution >= 4 is 27.8 Å². The molecule has 0 saturated heterocycles. The van der Waals surface area contributed by atoms with E-state index in [1.807, 2.05) is 24.3 Å². The minimum Gasteiger partial charge on any atom is -0.497 e. The summed E-state index contributed by atoms with van der Waals surface area (Å²) in [6.07, 6.45) is 0. The Morgan fingerprint density at radius 1 is 1.05 bits per heavy atom. The molecule has 0 unspecified atom stereocenters. The fraction of sp³-hybridized carbons (Fsp3) is 0.235. The summed E-state index contributed by atoms with van der Waals surface area (Å²) in [6, 6.07) is 11.7. The average Bonchev–Trinajstić information content (AvgIpc) is 2.86. The molecule has 0 aliphatic carbocycles. The molecule has 1 heterocycles. The number of fused-ring (bicyclic) bond motifs is 3. The summed E-state index contributed by atoms with van der Waals surface area (Å²) < 4.78 is 12.3. The van der Waals surface area contributed by atoms with Crippen LogP contribution in [0.4, 0.5) is 0 Å². The third-order valence-corrected chi connectivity index (χ3v) is 3.81. The summed E-state index contributed by atoms with van der Waals surface area (Å²) in [4.78, 5) is 11.7. The Hall–Kier alpha value is -2.49. The SMILES string of the molecule is CCn1c2ccc(OC)cc2c2cc(C(=O)OC)ccc21. The molecule has 108 valence electrons. The molecule has 21 heavy (non-hydrogen) atoms. The first-order valence-electron chi connectivity index (χ1n) is 6.88. The highest BCUT2D eigenvalue weighted by atomic mass is 16.5. The number of ether oxygens (including phenoxy) is 2. The first-order valence-corrected chi connectivity index (χ1v) is 6.88. The van der Waals surface area contributed by atoms with Crippen molar-refractivity contribution in [2.45, 2.75) is 13.5 Å². The number of aromatic nitrogens is 1. The molecule has 0 amide bonds. The molecule has 0 atom stereocenters. The van der Waals surface area contributed by atoms with Gasteiger partial charge in [-0.3, -0.25) is 0 Å². The Morgan fingerprint density at radius 3 is 2.33 bits per heavy atom. The Balaban J connectivity index is 2.38. The average molecular weight is 283 g/mol. The van der Waals surface area contributed by atoms with Gasteiger partial charge in [-0.1, -0.05) is 0 Å². The van der Waals surface area contributed by atoms with Crippen molar-refractivity contribution in [3.63, 3.8) is 0 Å². The number of carbonyl (C=O) groups is 1. The first kappa shape index (κ1) is 13.5. The molecular formula is C17H17NO3. The van der Waals surface area contributed by atoms with E-state index >= 15 is 0 Å². The smallest absolute Gasteiger partial charge is 0.337 e. The summed E-state index contributed by atoms with van der Waals surface area (Å²) in [7, 11) is 3.05. The monoisotopic (exact) mass is 283 g/mol. The van der Waals surface area contributed by atoms with E-state index in [4.69, 9.17) is 9.47 Å². The molecule has 0 radical (unpaired) electrons.